The fourth-order valence-corrected chi connectivity index (χ4v) is 6.17. The number of carbonyl (C=O) groups is 1. The van der Waals surface area contributed by atoms with Crippen LogP contribution in [0.3, 0.4) is 0 Å². The number of aliphatic hydroxyl groups is 2. The molecule has 0 aliphatic heterocycles. The molecule has 0 rings (SSSR count). The number of rotatable bonds is 35. The van der Waals surface area contributed by atoms with Gasteiger partial charge < -0.3 is 26.2 Å². The summed E-state index contributed by atoms with van der Waals surface area (Å²) in [5.41, 5.74) is 5.34. The van der Waals surface area contributed by atoms with Gasteiger partial charge in [0.1, 0.15) is 0 Å². The molecule has 0 saturated carbocycles. The first-order valence-electron chi connectivity index (χ1n) is 19.0. The van der Waals surface area contributed by atoms with E-state index in [0.29, 0.717) is 6.42 Å². The van der Waals surface area contributed by atoms with Crippen LogP contribution in [0.15, 0.2) is 24.3 Å². The van der Waals surface area contributed by atoms with Crippen LogP contribution in [0, 0.1) is 0 Å². The lowest BCUT2D eigenvalue weighted by atomic mass is 10.0. The van der Waals surface area contributed by atoms with Crippen LogP contribution < -0.4 is 11.1 Å². The Morgan fingerprint density at radius 3 is 1.70 bits per heavy atom. The van der Waals surface area contributed by atoms with E-state index in [1.54, 1.807) is 6.08 Å². The number of nitrogens with one attached hydrogen (secondary N) is 1. The summed E-state index contributed by atoms with van der Waals surface area (Å²) in [6, 6.07) is -0.986. The topological polar surface area (TPSA) is 151 Å². The van der Waals surface area contributed by atoms with Crippen molar-refractivity contribution < 1.29 is 33.5 Å². The van der Waals surface area contributed by atoms with Crippen LogP contribution in [0.4, 0.5) is 0 Å². The first kappa shape index (κ1) is 45.9. The number of unbranched alkanes of at least 4 members (excludes halogenated alkanes) is 19. The van der Waals surface area contributed by atoms with Crippen molar-refractivity contribution in [3.8, 4) is 0 Å². The summed E-state index contributed by atoms with van der Waals surface area (Å²) in [6.45, 7) is 3.92. The van der Waals surface area contributed by atoms with Crippen molar-refractivity contribution >= 4 is 13.7 Å². The smallest absolute Gasteiger partial charge is 0.393 e. The van der Waals surface area contributed by atoms with Gasteiger partial charge in [-0.3, -0.25) is 13.8 Å². The van der Waals surface area contributed by atoms with Crippen molar-refractivity contribution in [2.24, 2.45) is 5.73 Å². The molecule has 0 aromatic carbocycles. The Kier molecular flexibility index (Phi) is 32.7. The highest BCUT2D eigenvalue weighted by Crippen LogP contribution is 2.43. The van der Waals surface area contributed by atoms with E-state index in [9.17, 15) is 24.5 Å². The van der Waals surface area contributed by atoms with Crippen LogP contribution in [-0.2, 0) is 18.4 Å². The molecule has 0 bridgehead atoms. The maximum atomic E-state index is 12.7. The average Bonchev–Trinajstić information content (AvgIpc) is 3.04. The Morgan fingerprint density at radius 2 is 1.19 bits per heavy atom. The number of aliphatic hydroxyl groups excluding tert-OH is 2. The van der Waals surface area contributed by atoms with Crippen molar-refractivity contribution in [1.82, 2.24) is 5.32 Å². The molecule has 0 saturated heterocycles. The number of allylic oxidation sites excluding steroid dienone is 3. The van der Waals surface area contributed by atoms with Gasteiger partial charge in [0.05, 0.1) is 37.9 Å². The average molecular weight is 689 g/mol. The molecule has 1 amide bonds. The van der Waals surface area contributed by atoms with Crippen molar-refractivity contribution in [1.29, 1.82) is 0 Å². The van der Waals surface area contributed by atoms with Gasteiger partial charge in [-0.15, -0.1) is 0 Å². The van der Waals surface area contributed by atoms with Gasteiger partial charge in [-0.05, 0) is 44.9 Å². The van der Waals surface area contributed by atoms with Crippen LogP contribution in [0.1, 0.15) is 168 Å². The Morgan fingerprint density at radius 1 is 0.723 bits per heavy atom. The molecular weight excluding hydrogens is 615 g/mol. The second-order valence-corrected chi connectivity index (χ2v) is 14.4. The van der Waals surface area contributed by atoms with E-state index in [2.05, 4.69) is 31.3 Å². The number of phosphoric ester groups is 1. The summed E-state index contributed by atoms with van der Waals surface area (Å²) in [7, 11) is -4.39. The maximum absolute atomic E-state index is 12.7. The minimum Gasteiger partial charge on any atom is -0.393 e. The van der Waals surface area contributed by atoms with Gasteiger partial charge in [0.2, 0.25) is 5.91 Å². The standard InChI is InChI=1S/C37H73N2O7P/c1-3-5-7-9-11-13-15-16-17-19-21-23-25-27-29-36(41)35(33-46-47(43,44)45-31-30-38)39-37(42)32-34(40)28-26-24-22-20-18-14-12-10-8-6-4-2/h20,22,27,29,34-36,40-41H,3-19,21,23-26,28,30-33,38H2,1-2H3,(H,39,42)(H,43,44)/b22-20-,29-27+. The summed E-state index contributed by atoms with van der Waals surface area (Å²) in [6.07, 6.45) is 32.6. The first-order valence-corrected chi connectivity index (χ1v) is 20.5. The van der Waals surface area contributed by atoms with Gasteiger partial charge in [0.15, 0.2) is 0 Å². The number of hydrogen-bond donors (Lipinski definition) is 5. The van der Waals surface area contributed by atoms with Gasteiger partial charge in [-0.2, -0.15) is 0 Å². The molecule has 0 radical (unpaired) electrons. The quantitative estimate of drug-likeness (QED) is 0.0252. The molecule has 9 nitrogen and oxygen atoms in total. The third-order valence-corrected chi connectivity index (χ3v) is 9.31. The van der Waals surface area contributed by atoms with Crippen molar-refractivity contribution in [3.05, 3.63) is 24.3 Å². The first-order chi connectivity index (χ1) is 22.8. The predicted molar refractivity (Wildman–Crippen MR) is 195 cm³/mol. The number of amides is 1. The lowest BCUT2D eigenvalue weighted by Crippen LogP contribution is -2.46. The van der Waals surface area contributed by atoms with Crippen molar-refractivity contribution in [3.63, 3.8) is 0 Å². The molecule has 0 heterocycles. The molecule has 0 aliphatic carbocycles. The molecule has 278 valence electrons. The molecule has 0 aromatic rings. The van der Waals surface area contributed by atoms with Crippen molar-refractivity contribution in [2.45, 2.75) is 186 Å². The summed E-state index contributed by atoms with van der Waals surface area (Å²) in [4.78, 5) is 22.6. The van der Waals surface area contributed by atoms with Crippen LogP contribution >= 0.6 is 7.82 Å². The van der Waals surface area contributed by atoms with Crippen LogP contribution in [0.5, 0.6) is 0 Å². The second-order valence-electron chi connectivity index (χ2n) is 13.0. The molecule has 0 aromatic heterocycles. The largest absolute Gasteiger partial charge is 0.472 e. The van der Waals surface area contributed by atoms with Gasteiger partial charge in [-0.25, -0.2) is 4.57 Å². The molecule has 0 spiro atoms. The Labute approximate surface area is 288 Å². The minimum atomic E-state index is -4.39. The van der Waals surface area contributed by atoms with E-state index in [1.807, 2.05) is 6.08 Å². The number of hydrogen-bond acceptors (Lipinski definition) is 7. The van der Waals surface area contributed by atoms with Gasteiger partial charge in [0, 0.05) is 6.54 Å². The van der Waals surface area contributed by atoms with Gasteiger partial charge in [-0.1, -0.05) is 141 Å². The van der Waals surface area contributed by atoms with Crippen LogP contribution in [-0.4, -0.2) is 59.0 Å². The summed E-state index contributed by atoms with van der Waals surface area (Å²) in [5, 5.41) is 23.9. The van der Waals surface area contributed by atoms with Gasteiger partial charge >= 0.3 is 7.82 Å². The highest BCUT2D eigenvalue weighted by molar-refractivity contribution is 7.47. The minimum absolute atomic E-state index is 0.0470. The van der Waals surface area contributed by atoms with E-state index < -0.39 is 38.6 Å². The molecule has 6 N–H and O–H groups in total. The van der Waals surface area contributed by atoms with E-state index >= 15 is 0 Å². The Hall–Kier alpha value is -1.06. The third kappa shape index (κ3) is 31.9. The predicted octanol–water partition coefficient (Wildman–Crippen LogP) is 8.80. The van der Waals surface area contributed by atoms with E-state index in [0.717, 1.165) is 38.5 Å². The molecule has 47 heavy (non-hydrogen) atoms. The van der Waals surface area contributed by atoms with E-state index in [1.165, 1.54) is 103 Å². The lowest BCUT2D eigenvalue weighted by Gasteiger charge is -2.24. The highest BCUT2D eigenvalue weighted by atomic mass is 31.2. The van der Waals surface area contributed by atoms with E-state index in [4.69, 9.17) is 14.8 Å². The lowest BCUT2D eigenvalue weighted by molar-refractivity contribution is -0.124. The summed E-state index contributed by atoms with van der Waals surface area (Å²) < 4.78 is 22.0. The molecule has 10 heteroatoms. The van der Waals surface area contributed by atoms with Crippen LogP contribution in [0.2, 0.25) is 0 Å². The molecular formula is C37H73N2O7P. The zero-order chi connectivity index (χ0) is 34.9. The normalized spacial score (nSPS) is 15.3. The molecule has 4 unspecified atom stereocenters. The number of carbonyl (C=O) groups excluding carboxylic acids is 1. The monoisotopic (exact) mass is 689 g/mol. The number of phosphoric acid groups is 1. The SMILES string of the molecule is CCCCCCCC/C=C\CCCC(O)CC(=O)NC(COP(=O)(O)OCCN)C(O)/C=C/CCCCCCCCCCCCCC. The van der Waals surface area contributed by atoms with Crippen LogP contribution in [0.25, 0.3) is 0 Å². The van der Waals surface area contributed by atoms with E-state index in [-0.39, 0.29) is 19.6 Å². The van der Waals surface area contributed by atoms with Crippen molar-refractivity contribution in [2.75, 3.05) is 19.8 Å². The molecule has 4 atom stereocenters. The Bertz CT molecular complexity index is 812. The van der Waals surface area contributed by atoms with Gasteiger partial charge in [0.25, 0.3) is 0 Å². The number of nitrogens with two attached hydrogens (primary N) is 1. The molecule has 0 aliphatic rings. The maximum Gasteiger partial charge on any atom is 0.472 e. The zero-order valence-corrected chi connectivity index (χ0v) is 31.0. The summed E-state index contributed by atoms with van der Waals surface area (Å²) >= 11 is 0. The third-order valence-electron chi connectivity index (χ3n) is 8.33. The fraction of sp³-hybridized carbons (Fsp3) is 0.865. The summed E-state index contributed by atoms with van der Waals surface area (Å²) in [5.74, 6) is -0.464. The fourth-order valence-electron chi connectivity index (χ4n) is 5.41. The highest BCUT2D eigenvalue weighted by Gasteiger charge is 2.27. The zero-order valence-electron chi connectivity index (χ0n) is 30.1. The second kappa shape index (κ2) is 33.4. The Balaban J connectivity index is 4.49. The molecule has 0 fully saturated rings.